The molecule has 0 spiro atoms. The molecule has 3 aromatic rings. The van der Waals surface area contributed by atoms with Gasteiger partial charge in [0.1, 0.15) is 0 Å². The first-order valence-electron chi connectivity index (χ1n) is 12.8. The normalized spacial score (nSPS) is 25.1. The molecule has 2 bridgehead atoms. The van der Waals surface area contributed by atoms with E-state index < -0.39 is 18.5 Å². The van der Waals surface area contributed by atoms with Gasteiger partial charge in [-0.25, -0.2) is 4.79 Å². The van der Waals surface area contributed by atoms with Gasteiger partial charge in [-0.1, -0.05) is 65.7 Å². The molecule has 9 heteroatoms. The Balaban J connectivity index is 1.14. The third-order valence-corrected chi connectivity index (χ3v) is 8.96. The Morgan fingerprint density at radius 2 is 1.64 bits per heavy atom. The van der Waals surface area contributed by atoms with Crippen LogP contribution in [-0.4, -0.2) is 30.3 Å². The standard InChI is InChI=1S/C30H24Cl2N2O5/c31-22-10-5-11-23(27(22)32)33-24(35)15-39-30(38)17-8-4-9-19(12-17)34-28(36)25-18-13-20(16-6-2-1-3-7-16)21(14-18)26(25)29(34)37/h1-12,18,20-21,25-26H,13-15H2,(H,33,35)/t18-,20-,21+,25+,26-/m0/s1. The first kappa shape index (κ1) is 25.6. The van der Waals surface area contributed by atoms with Gasteiger partial charge in [-0.2, -0.15) is 0 Å². The van der Waals surface area contributed by atoms with Crippen LogP contribution in [0.2, 0.25) is 10.0 Å². The number of hydrogen-bond donors (Lipinski definition) is 1. The molecule has 0 unspecified atom stereocenters. The highest BCUT2D eigenvalue weighted by Crippen LogP contribution is 2.61. The minimum atomic E-state index is -0.757. The maximum Gasteiger partial charge on any atom is 0.338 e. The summed E-state index contributed by atoms with van der Waals surface area (Å²) in [6, 6.07) is 21.2. The smallest absolute Gasteiger partial charge is 0.338 e. The Morgan fingerprint density at radius 1 is 0.897 bits per heavy atom. The van der Waals surface area contributed by atoms with Crippen LogP contribution in [-0.2, 0) is 19.1 Å². The molecule has 39 heavy (non-hydrogen) atoms. The van der Waals surface area contributed by atoms with Gasteiger partial charge in [0.15, 0.2) is 6.61 Å². The molecule has 7 nitrogen and oxygen atoms in total. The summed E-state index contributed by atoms with van der Waals surface area (Å²) in [4.78, 5) is 53.3. The highest BCUT2D eigenvalue weighted by atomic mass is 35.5. The fourth-order valence-electron chi connectivity index (χ4n) is 6.57. The Kier molecular flexibility index (Phi) is 6.65. The van der Waals surface area contributed by atoms with Gasteiger partial charge in [-0.05, 0) is 66.5 Å². The summed E-state index contributed by atoms with van der Waals surface area (Å²) in [5, 5.41) is 3.01. The number of benzene rings is 3. The van der Waals surface area contributed by atoms with E-state index >= 15 is 0 Å². The first-order chi connectivity index (χ1) is 18.8. The van der Waals surface area contributed by atoms with Crippen molar-refractivity contribution in [3.63, 3.8) is 0 Å². The zero-order chi connectivity index (χ0) is 27.3. The Hall–Kier alpha value is -3.68. The molecule has 1 saturated heterocycles. The van der Waals surface area contributed by atoms with Gasteiger partial charge in [-0.3, -0.25) is 19.3 Å². The van der Waals surface area contributed by atoms with Crippen molar-refractivity contribution in [1.29, 1.82) is 0 Å². The van der Waals surface area contributed by atoms with Crippen molar-refractivity contribution in [2.24, 2.45) is 23.7 Å². The van der Waals surface area contributed by atoms with Crippen LogP contribution in [0.25, 0.3) is 0 Å². The quantitative estimate of drug-likeness (QED) is 0.306. The molecule has 198 valence electrons. The van der Waals surface area contributed by atoms with E-state index in [9.17, 15) is 19.2 Å². The van der Waals surface area contributed by atoms with Crippen LogP contribution in [0.5, 0.6) is 0 Å². The van der Waals surface area contributed by atoms with Crippen molar-refractivity contribution in [3.8, 4) is 0 Å². The third-order valence-electron chi connectivity index (χ3n) is 8.14. The number of amides is 3. The number of ether oxygens (including phenoxy) is 1. The molecule has 2 aliphatic carbocycles. The van der Waals surface area contributed by atoms with E-state index in [-0.39, 0.29) is 57.0 Å². The largest absolute Gasteiger partial charge is 0.452 e. The lowest BCUT2D eigenvalue weighted by Gasteiger charge is -2.28. The minimum Gasteiger partial charge on any atom is -0.452 e. The van der Waals surface area contributed by atoms with Gasteiger partial charge in [0.25, 0.3) is 5.91 Å². The number of anilines is 2. The van der Waals surface area contributed by atoms with Gasteiger partial charge in [0.05, 0.1) is 38.8 Å². The van der Waals surface area contributed by atoms with Crippen LogP contribution in [0.15, 0.2) is 72.8 Å². The van der Waals surface area contributed by atoms with Gasteiger partial charge < -0.3 is 10.1 Å². The summed E-state index contributed by atoms with van der Waals surface area (Å²) < 4.78 is 5.17. The van der Waals surface area contributed by atoms with E-state index in [1.165, 1.54) is 22.6 Å². The van der Waals surface area contributed by atoms with Crippen molar-refractivity contribution in [3.05, 3.63) is 94.0 Å². The number of carbonyl (C=O) groups excluding carboxylic acids is 4. The molecule has 3 amide bonds. The average Bonchev–Trinajstić information content (AvgIpc) is 3.61. The minimum absolute atomic E-state index is 0.128. The van der Waals surface area contributed by atoms with E-state index in [0.29, 0.717) is 11.4 Å². The lowest BCUT2D eigenvalue weighted by molar-refractivity contribution is -0.123. The Morgan fingerprint density at radius 3 is 2.44 bits per heavy atom. The number of fused-ring (bicyclic) bond motifs is 5. The molecule has 3 fully saturated rings. The average molecular weight is 563 g/mol. The Bertz CT molecular complexity index is 1490. The molecule has 0 radical (unpaired) electrons. The van der Waals surface area contributed by atoms with Crippen LogP contribution < -0.4 is 10.2 Å². The summed E-state index contributed by atoms with van der Waals surface area (Å²) in [5.74, 6) is -1.86. The SMILES string of the molecule is O=C(COC(=O)c1cccc(N2C(=O)[C@@H]3[C@@H]4C[C@@H]([C@@H]3C2=O)[C@H](c2ccccc2)C4)c1)Nc1cccc(Cl)c1Cl. The molecular weight excluding hydrogens is 539 g/mol. The summed E-state index contributed by atoms with van der Waals surface area (Å²) in [6.07, 6.45) is 1.78. The van der Waals surface area contributed by atoms with E-state index in [2.05, 4.69) is 17.4 Å². The van der Waals surface area contributed by atoms with E-state index in [1.807, 2.05) is 18.2 Å². The van der Waals surface area contributed by atoms with E-state index in [1.54, 1.807) is 30.3 Å². The summed E-state index contributed by atoms with van der Waals surface area (Å²) >= 11 is 12.0. The molecule has 3 aliphatic rings. The van der Waals surface area contributed by atoms with Gasteiger partial charge in [-0.15, -0.1) is 0 Å². The molecule has 2 saturated carbocycles. The van der Waals surface area contributed by atoms with Crippen molar-refractivity contribution < 1.29 is 23.9 Å². The summed E-state index contributed by atoms with van der Waals surface area (Å²) in [6.45, 7) is -0.554. The number of nitrogens with one attached hydrogen (secondary N) is 1. The van der Waals surface area contributed by atoms with Crippen LogP contribution in [0, 0.1) is 23.7 Å². The maximum absolute atomic E-state index is 13.6. The monoisotopic (exact) mass is 562 g/mol. The number of imide groups is 1. The highest BCUT2D eigenvalue weighted by molar-refractivity contribution is 6.44. The molecule has 5 atom stereocenters. The second kappa shape index (κ2) is 10.1. The molecule has 3 aromatic carbocycles. The highest BCUT2D eigenvalue weighted by Gasteiger charge is 2.64. The van der Waals surface area contributed by atoms with Gasteiger partial charge in [0, 0.05) is 0 Å². The second-order valence-corrected chi connectivity index (χ2v) is 11.0. The van der Waals surface area contributed by atoms with Gasteiger partial charge in [0.2, 0.25) is 11.8 Å². The lowest BCUT2D eigenvalue weighted by Crippen LogP contribution is -2.33. The van der Waals surface area contributed by atoms with Crippen molar-refractivity contribution in [2.45, 2.75) is 18.8 Å². The van der Waals surface area contributed by atoms with E-state index in [0.717, 1.165) is 12.8 Å². The predicted octanol–water partition coefficient (Wildman–Crippen LogP) is 5.72. The fourth-order valence-corrected chi connectivity index (χ4v) is 6.92. The number of halogens is 2. The number of nitrogens with zero attached hydrogens (tertiary/aromatic N) is 1. The number of carbonyl (C=O) groups is 4. The summed E-state index contributed by atoms with van der Waals surface area (Å²) in [7, 11) is 0. The topological polar surface area (TPSA) is 92.8 Å². The van der Waals surface area contributed by atoms with Crippen molar-refractivity contribution in [2.75, 3.05) is 16.8 Å². The van der Waals surface area contributed by atoms with E-state index in [4.69, 9.17) is 27.9 Å². The number of hydrogen-bond acceptors (Lipinski definition) is 5. The molecule has 6 rings (SSSR count). The molecular formula is C30H24Cl2N2O5. The molecule has 1 N–H and O–H groups in total. The predicted molar refractivity (Wildman–Crippen MR) is 147 cm³/mol. The maximum atomic E-state index is 13.6. The first-order valence-corrected chi connectivity index (χ1v) is 13.5. The lowest BCUT2D eigenvalue weighted by atomic mass is 9.73. The Labute approximate surface area is 235 Å². The summed E-state index contributed by atoms with van der Waals surface area (Å²) in [5.41, 5.74) is 1.98. The van der Waals surface area contributed by atoms with Crippen molar-refractivity contribution in [1.82, 2.24) is 0 Å². The fraction of sp³-hybridized carbons (Fsp3) is 0.267. The zero-order valence-corrected chi connectivity index (χ0v) is 22.2. The molecule has 0 aromatic heterocycles. The van der Waals surface area contributed by atoms with Crippen LogP contribution in [0.1, 0.15) is 34.7 Å². The van der Waals surface area contributed by atoms with Crippen LogP contribution in [0.4, 0.5) is 11.4 Å². The zero-order valence-electron chi connectivity index (χ0n) is 20.7. The van der Waals surface area contributed by atoms with Crippen LogP contribution in [0.3, 0.4) is 0 Å². The van der Waals surface area contributed by atoms with Crippen molar-refractivity contribution >= 4 is 58.3 Å². The molecule has 1 heterocycles. The second-order valence-electron chi connectivity index (χ2n) is 10.3. The number of esters is 1. The van der Waals surface area contributed by atoms with Gasteiger partial charge >= 0.3 is 5.97 Å². The molecule has 1 aliphatic heterocycles. The third kappa shape index (κ3) is 4.49. The number of rotatable bonds is 6. The van der Waals surface area contributed by atoms with Crippen LogP contribution >= 0.6 is 23.2 Å².